The maximum absolute atomic E-state index is 6.43. The van der Waals surface area contributed by atoms with Gasteiger partial charge in [-0.3, -0.25) is 8.80 Å². The van der Waals surface area contributed by atoms with E-state index in [1.165, 1.54) is 10.9 Å². The number of rotatable bonds is 2. The molecule has 0 saturated heterocycles. The monoisotopic (exact) mass is 508 g/mol. The number of hydrogen-bond acceptors (Lipinski definition) is 5. The Morgan fingerprint density at radius 1 is 0.615 bits per heavy atom. The minimum Gasteiger partial charge on any atom is -0.457 e. The van der Waals surface area contributed by atoms with Crippen molar-refractivity contribution in [2.24, 2.45) is 0 Å². The molecule has 0 radical (unpaired) electrons. The number of fused-ring (bicyclic) bond motifs is 12. The van der Waals surface area contributed by atoms with E-state index < -0.39 is 0 Å². The van der Waals surface area contributed by atoms with E-state index in [0.717, 1.165) is 60.9 Å². The van der Waals surface area contributed by atoms with Crippen molar-refractivity contribution in [3.05, 3.63) is 97.5 Å². The van der Waals surface area contributed by atoms with E-state index in [1.54, 1.807) is 12.5 Å². The summed E-state index contributed by atoms with van der Waals surface area (Å²) in [5.74, 6) is 1.49. The molecular formula is C32H24N6O. The molecule has 0 aliphatic heterocycles. The van der Waals surface area contributed by atoms with E-state index >= 15 is 0 Å². The minimum atomic E-state index is 0.0644. The van der Waals surface area contributed by atoms with Gasteiger partial charge in [-0.05, 0) is 64.2 Å². The van der Waals surface area contributed by atoms with Gasteiger partial charge in [0.25, 0.3) is 0 Å². The van der Waals surface area contributed by atoms with Crippen LogP contribution in [0.2, 0.25) is 0 Å². The lowest BCUT2D eigenvalue weighted by Gasteiger charge is -2.20. The van der Waals surface area contributed by atoms with Crippen molar-refractivity contribution in [2.75, 3.05) is 0 Å². The van der Waals surface area contributed by atoms with Gasteiger partial charge >= 0.3 is 0 Å². The molecule has 3 aromatic carbocycles. The zero-order valence-electron chi connectivity index (χ0n) is 21.8. The largest absolute Gasteiger partial charge is 0.457 e. The first-order valence-corrected chi connectivity index (χ1v) is 13.0. The van der Waals surface area contributed by atoms with Crippen LogP contribution < -0.4 is 4.74 Å². The quantitative estimate of drug-likeness (QED) is 0.227. The lowest BCUT2D eigenvalue weighted by Crippen LogP contribution is -2.11. The molecule has 188 valence electrons. The highest BCUT2D eigenvalue weighted by Crippen LogP contribution is 2.36. The van der Waals surface area contributed by atoms with Crippen LogP contribution in [-0.2, 0) is 5.41 Å². The number of benzene rings is 3. The summed E-state index contributed by atoms with van der Waals surface area (Å²) in [6.07, 6.45) is 11.0. The maximum Gasteiger partial charge on any atom is 0.149 e. The molecule has 0 aliphatic rings. The van der Waals surface area contributed by atoms with Crippen molar-refractivity contribution in [2.45, 2.75) is 26.2 Å². The Morgan fingerprint density at radius 3 is 1.95 bits per heavy atom. The summed E-state index contributed by atoms with van der Waals surface area (Å²) in [5, 5.41) is 6.39. The van der Waals surface area contributed by atoms with Crippen LogP contribution in [0.1, 0.15) is 26.3 Å². The van der Waals surface area contributed by atoms with Gasteiger partial charge in [0.05, 0.1) is 5.52 Å². The van der Waals surface area contributed by atoms with Crippen LogP contribution in [0.15, 0.2) is 91.9 Å². The molecule has 0 unspecified atom stereocenters. The Labute approximate surface area is 223 Å². The second-order valence-electron chi connectivity index (χ2n) is 11.0. The summed E-state index contributed by atoms with van der Waals surface area (Å²) in [4.78, 5) is 18.1. The molecule has 0 amide bonds. The third-order valence-corrected chi connectivity index (χ3v) is 7.60. The Balaban J connectivity index is 1.28. The number of hydrogen-bond donors (Lipinski definition) is 0. The smallest absolute Gasteiger partial charge is 0.149 e. The van der Waals surface area contributed by atoms with Gasteiger partial charge in [-0.2, -0.15) is 0 Å². The highest BCUT2D eigenvalue weighted by atomic mass is 16.5. The van der Waals surface area contributed by atoms with E-state index in [1.807, 2.05) is 47.4 Å². The Hall–Kier alpha value is -5.04. The van der Waals surface area contributed by atoms with Crippen molar-refractivity contribution in [1.82, 2.24) is 28.7 Å². The molecule has 39 heavy (non-hydrogen) atoms. The van der Waals surface area contributed by atoms with E-state index in [4.69, 9.17) is 9.72 Å². The fourth-order valence-electron chi connectivity index (χ4n) is 5.65. The first kappa shape index (κ1) is 22.0. The van der Waals surface area contributed by atoms with E-state index in [0.29, 0.717) is 0 Å². The topological polar surface area (TPSA) is 69.6 Å². The molecule has 0 spiro atoms. The molecule has 0 aliphatic carbocycles. The van der Waals surface area contributed by atoms with Gasteiger partial charge in [0, 0.05) is 52.5 Å². The van der Waals surface area contributed by atoms with Gasteiger partial charge in [-0.1, -0.05) is 32.9 Å². The van der Waals surface area contributed by atoms with E-state index in [2.05, 4.69) is 76.5 Å². The lowest BCUT2D eigenvalue weighted by atomic mass is 9.86. The van der Waals surface area contributed by atoms with Gasteiger partial charge in [-0.25, -0.2) is 19.9 Å². The molecule has 0 atom stereocenters. The summed E-state index contributed by atoms with van der Waals surface area (Å²) in [6.45, 7) is 6.72. The van der Waals surface area contributed by atoms with Crippen LogP contribution in [0.5, 0.6) is 11.5 Å². The first-order chi connectivity index (χ1) is 19.0. The Morgan fingerprint density at radius 2 is 1.23 bits per heavy atom. The van der Waals surface area contributed by atoms with Crippen molar-refractivity contribution in [1.29, 1.82) is 0 Å². The van der Waals surface area contributed by atoms with Crippen LogP contribution in [0.25, 0.3) is 54.8 Å². The predicted molar refractivity (Wildman–Crippen MR) is 155 cm³/mol. The highest BCUT2D eigenvalue weighted by molar-refractivity contribution is 6.12. The summed E-state index contributed by atoms with van der Waals surface area (Å²) in [6, 6.07) is 19.1. The van der Waals surface area contributed by atoms with Crippen molar-refractivity contribution < 1.29 is 4.74 Å². The van der Waals surface area contributed by atoms with E-state index in [-0.39, 0.29) is 5.41 Å². The van der Waals surface area contributed by atoms with Crippen molar-refractivity contribution in [3.63, 3.8) is 0 Å². The fraction of sp³-hybridized carbons (Fsp3) is 0.125. The third kappa shape index (κ3) is 3.23. The molecule has 7 heteroatoms. The molecule has 5 heterocycles. The van der Waals surface area contributed by atoms with Gasteiger partial charge in [0.2, 0.25) is 0 Å². The van der Waals surface area contributed by atoms with Gasteiger partial charge < -0.3 is 4.74 Å². The van der Waals surface area contributed by atoms with E-state index in [9.17, 15) is 0 Å². The van der Waals surface area contributed by atoms with Crippen molar-refractivity contribution >= 4 is 54.8 Å². The molecule has 5 aromatic heterocycles. The summed E-state index contributed by atoms with van der Waals surface area (Å²) < 4.78 is 10.6. The summed E-state index contributed by atoms with van der Waals surface area (Å²) in [7, 11) is 0. The first-order valence-electron chi connectivity index (χ1n) is 13.0. The molecule has 8 rings (SSSR count). The van der Waals surface area contributed by atoms with Gasteiger partial charge in [0.1, 0.15) is 34.8 Å². The number of ether oxygens (including phenoxy) is 1. The lowest BCUT2D eigenvalue weighted by molar-refractivity contribution is 0.484. The minimum absolute atomic E-state index is 0.0644. The maximum atomic E-state index is 6.43. The predicted octanol–water partition coefficient (Wildman–Crippen LogP) is 7.47. The average Bonchev–Trinajstić information content (AvgIpc) is 3.63. The molecular weight excluding hydrogens is 484 g/mol. The average molecular weight is 509 g/mol. The second-order valence-corrected chi connectivity index (χ2v) is 11.0. The number of nitrogens with zero attached hydrogens (tertiary/aromatic N) is 6. The van der Waals surface area contributed by atoms with Crippen LogP contribution in [0.4, 0.5) is 0 Å². The molecule has 8 aromatic rings. The molecule has 0 N–H and O–H groups in total. The zero-order valence-corrected chi connectivity index (χ0v) is 21.8. The zero-order chi connectivity index (χ0) is 26.3. The summed E-state index contributed by atoms with van der Waals surface area (Å²) in [5.41, 5.74) is 5.10. The normalized spacial score (nSPS) is 12.5. The standard InChI is InChI=1S/C32H24N6O/c1-32(2,3)19-4-7-24-22-8-5-20(15-25(22)29-34-10-12-37(29)28(24)14-19)39-21-6-9-23-26(16-21)30-35-11-13-38(30)31-27(23)17-33-18-36-31/h4-18H,1-3H3. The highest BCUT2D eigenvalue weighted by Gasteiger charge is 2.17. The number of aromatic nitrogens is 6. The second kappa shape index (κ2) is 7.74. The van der Waals surface area contributed by atoms with Crippen LogP contribution in [-0.4, -0.2) is 28.7 Å². The Kier molecular flexibility index (Phi) is 4.36. The van der Waals surface area contributed by atoms with Crippen molar-refractivity contribution in [3.8, 4) is 11.5 Å². The van der Waals surface area contributed by atoms with Gasteiger partial charge in [0.15, 0.2) is 0 Å². The third-order valence-electron chi connectivity index (χ3n) is 7.60. The van der Waals surface area contributed by atoms with Crippen LogP contribution in [0.3, 0.4) is 0 Å². The Bertz CT molecular complexity index is 2250. The molecule has 0 saturated carbocycles. The fourth-order valence-corrected chi connectivity index (χ4v) is 5.65. The SMILES string of the molecule is CC(C)(C)c1ccc2c3ccc(Oc4ccc5c6cncnc6n6ccnc6c5c4)cc3c3nccn3c2c1. The molecule has 7 nitrogen and oxygen atoms in total. The summed E-state index contributed by atoms with van der Waals surface area (Å²) >= 11 is 0. The molecule has 0 bridgehead atoms. The van der Waals surface area contributed by atoms with Gasteiger partial charge in [-0.15, -0.1) is 0 Å². The number of pyridine rings is 2. The van der Waals surface area contributed by atoms with Crippen LogP contribution in [0, 0.1) is 0 Å². The number of imidazole rings is 2. The molecule has 0 fully saturated rings. The van der Waals surface area contributed by atoms with Crippen LogP contribution >= 0.6 is 0 Å².